The van der Waals surface area contributed by atoms with Gasteiger partial charge in [0.2, 0.25) is 0 Å². The summed E-state index contributed by atoms with van der Waals surface area (Å²) in [4.78, 5) is 14.3. The molecule has 0 bridgehead atoms. The Bertz CT molecular complexity index is 659. The molecule has 2 N–H and O–H groups in total. The van der Waals surface area contributed by atoms with Gasteiger partial charge in [0.1, 0.15) is 0 Å². The van der Waals surface area contributed by atoms with Gasteiger partial charge in [0.25, 0.3) is 0 Å². The lowest BCUT2D eigenvalue weighted by atomic mass is 10.1. The number of hydrogen-bond donors (Lipinski definition) is 2. The summed E-state index contributed by atoms with van der Waals surface area (Å²) in [5, 5.41) is 17.3. The van der Waals surface area contributed by atoms with Gasteiger partial charge in [-0.25, -0.2) is 4.79 Å². The van der Waals surface area contributed by atoms with Crippen LogP contribution in [-0.2, 0) is 6.54 Å². The van der Waals surface area contributed by atoms with E-state index in [9.17, 15) is 9.90 Å². The first-order valence-corrected chi connectivity index (χ1v) is 8.85. The number of aliphatic hydroxyl groups excluding tert-OH is 1. The molecule has 1 aliphatic rings. The second-order valence-corrected chi connectivity index (χ2v) is 6.78. The van der Waals surface area contributed by atoms with Gasteiger partial charge < -0.3 is 15.3 Å². The number of nitrogens with one attached hydrogen (secondary N) is 1. The van der Waals surface area contributed by atoms with E-state index in [4.69, 9.17) is 0 Å². The van der Waals surface area contributed by atoms with E-state index in [1.54, 1.807) is 18.1 Å². The highest BCUT2D eigenvalue weighted by atomic mass is 16.3. The van der Waals surface area contributed by atoms with Gasteiger partial charge in [-0.2, -0.15) is 5.10 Å². The van der Waals surface area contributed by atoms with Crippen LogP contribution in [0.4, 0.5) is 4.79 Å². The molecule has 3 rings (SSSR count). The van der Waals surface area contributed by atoms with Crippen LogP contribution in [0.5, 0.6) is 0 Å². The second-order valence-electron chi connectivity index (χ2n) is 6.78. The second kappa shape index (κ2) is 8.16. The highest BCUT2D eigenvalue weighted by Crippen LogP contribution is 2.26. The third-order valence-corrected chi connectivity index (χ3v) is 4.90. The lowest BCUT2D eigenvalue weighted by Gasteiger charge is -2.27. The maximum absolute atomic E-state index is 12.7. The number of carbonyl (C=O) groups excluding carboxylic acids is 1. The van der Waals surface area contributed by atoms with E-state index in [2.05, 4.69) is 10.4 Å². The summed E-state index contributed by atoms with van der Waals surface area (Å²) in [7, 11) is 1.79. The third kappa shape index (κ3) is 4.60. The number of rotatable bonds is 6. The molecule has 2 aromatic rings. The average molecular weight is 342 g/mol. The lowest BCUT2D eigenvalue weighted by molar-refractivity contribution is 0.113. The monoisotopic (exact) mass is 342 g/mol. The Morgan fingerprint density at radius 2 is 2.16 bits per heavy atom. The summed E-state index contributed by atoms with van der Waals surface area (Å²) in [5.74, 6) is 0.178. The Morgan fingerprint density at radius 1 is 1.36 bits per heavy atom. The van der Waals surface area contributed by atoms with Crippen molar-refractivity contribution in [2.75, 3.05) is 13.6 Å². The van der Waals surface area contributed by atoms with Crippen molar-refractivity contribution in [3.05, 3.63) is 54.4 Å². The standard InChI is InChI=1S/C19H26N4O2/c1-22(13-16-9-5-10-18(16)24)19(25)21-17(14-23-12-6-11-20-23)15-7-3-2-4-8-15/h2-4,6-8,11-12,16-18,24H,5,9-10,13-14H2,1H3,(H,21,25)/t16-,17+,18+/m0/s1. The minimum Gasteiger partial charge on any atom is -0.393 e. The molecule has 0 unspecified atom stereocenters. The Morgan fingerprint density at radius 3 is 2.80 bits per heavy atom. The van der Waals surface area contributed by atoms with Crippen molar-refractivity contribution in [2.24, 2.45) is 5.92 Å². The van der Waals surface area contributed by atoms with Crippen LogP contribution >= 0.6 is 0 Å². The van der Waals surface area contributed by atoms with Gasteiger partial charge in [0.15, 0.2) is 0 Å². The predicted octanol–water partition coefficient (Wildman–Crippen LogP) is 2.43. The van der Waals surface area contributed by atoms with Crippen LogP contribution < -0.4 is 5.32 Å². The number of benzene rings is 1. The first kappa shape index (κ1) is 17.5. The van der Waals surface area contributed by atoms with Crippen molar-refractivity contribution in [3.8, 4) is 0 Å². The van der Waals surface area contributed by atoms with E-state index in [-0.39, 0.29) is 24.1 Å². The number of urea groups is 1. The molecule has 134 valence electrons. The van der Waals surface area contributed by atoms with Crippen molar-refractivity contribution in [1.29, 1.82) is 0 Å². The van der Waals surface area contributed by atoms with Crippen molar-refractivity contribution >= 4 is 6.03 Å². The number of amides is 2. The smallest absolute Gasteiger partial charge is 0.317 e. The van der Waals surface area contributed by atoms with Gasteiger partial charge in [-0.3, -0.25) is 4.68 Å². The molecule has 6 heteroatoms. The van der Waals surface area contributed by atoms with Crippen molar-refractivity contribution < 1.29 is 9.90 Å². The quantitative estimate of drug-likeness (QED) is 0.847. The van der Waals surface area contributed by atoms with Gasteiger partial charge in [-0.15, -0.1) is 0 Å². The molecule has 25 heavy (non-hydrogen) atoms. The molecule has 3 atom stereocenters. The maximum Gasteiger partial charge on any atom is 0.317 e. The average Bonchev–Trinajstić information content (AvgIpc) is 3.27. The molecular weight excluding hydrogens is 316 g/mol. The molecule has 1 aromatic carbocycles. The molecule has 1 aliphatic carbocycles. The third-order valence-electron chi connectivity index (χ3n) is 4.90. The molecule has 0 spiro atoms. The molecule has 1 saturated carbocycles. The van der Waals surface area contributed by atoms with Gasteiger partial charge in [0, 0.05) is 31.9 Å². The van der Waals surface area contributed by atoms with E-state index in [1.807, 2.05) is 47.3 Å². The summed E-state index contributed by atoms with van der Waals surface area (Å²) >= 11 is 0. The van der Waals surface area contributed by atoms with Crippen LogP contribution in [0, 0.1) is 5.92 Å². The normalized spacial score (nSPS) is 21.0. The highest BCUT2D eigenvalue weighted by Gasteiger charge is 2.28. The molecule has 2 amide bonds. The largest absolute Gasteiger partial charge is 0.393 e. The Balaban J connectivity index is 1.65. The van der Waals surface area contributed by atoms with E-state index >= 15 is 0 Å². The summed E-state index contributed by atoms with van der Waals surface area (Å²) in [5.41, 5.74) is 1.04. The van der Waals surface area contributed by atoms with E-state index in [1.165, 1.54) is 0 Å². The van der Waals surface area contributed by atoms with Crippen molar-refractivity contribution in [3.63, 3.8) is 0 Å². The number of aliphatic hydroxyl groups is 1. The van der Waals surface area contributed by atoms with Crippen LogP contribution in [0.25, 0.3) is 0 Å². The Hall–Kier alpha value is -2.34. The zero-order valence-electron chi connectivity index (χ0n) is 14.6. The van der Waals surface area contributed by atoms with Crippen LogP contribution in [0.15, 0.2) is 48.8 Å². The Labute approximate surface area is 148 Å². The van der Waals surface area contributed by atoms with Crippen LogP contribution in [0.1, 0.15) is 30.9 Å². The van der Waals surface area contributed by atoms with Gasteiger partial charge >= 0.3 is 6.03 Å². The van der Waals surface area contributed by atoms with Crippen molar-refractivity contribution in [2.45, 2.75) is 38.0 Å². The number of aromatic nitrogens is 2. The summed E-state index contributed by atoms with van der Waals surface area (Å²) in [6.45, 7) is 1.15. The SMILES string of the molecule is CN(C[C@@H]1CCC[C@H]1O)C(=O)N[C@H](Cn1cccn1)c1ccccc1. The first-order chi connectivity index (χ1) is 12.1. The molecule has 6 nitrogen and oxygen atoms in total. The Kier molecular flexibility index (Phi) is 5.71. The van der Waals surface area contributed by atoms with Crippen LogP contribution in [-0.4, -0.2) is 45.5 Å². The van der Waals surface area contributed by atoms with Crippen LogP contribution in [0.2, 0.25) is 0 Å². The first-order valence-electron chi connectivity index (χ1n) is 8.85. The molecule has 1 fully saturated rings. The molecule has 0 aliphatic heterocycles. The molecule has 0 radical (unpaired) electrons. The van der Waals surface area contributed by atoms with E-state index < -0.39 is 0 Å². The minimum absolute atomic E-state index is 0.125. The topological polar surface area (TPSA) is 70.4 Å². The van der Waals surface area contributed by atoms with Gasteiger partial charge in [-0.05, 0) is 24.5 Å². The lowest BCUT2D eigenvalue weighted by Crippen LogP contribution is -2.43. The summed E-state index contributed by atoms with van der Waals surface area (Å²) in [6, 6.07) is 11.5. The fourth-order valence-corrected chi connectivity index (χ4v) is 3.44. The molecule has 1 heterocycles. The van der Waals surface area contributed by atoms with E-state index in [0.717, 1.165) is 24.8 Å². The molecule has 0 saturated heterocycles. The summed E-state index contributed by atoms with van der Waals surface area (Å²) in [6.07, 6.45) is 6.19. The van der Waals surface area contributed by atoms with Gasteiger partial charge in [0.05, 0.1) is 18.7 Å². The zero-order valence-corrected chi connectivity index (χ0v) is 14.6. The maximum atomic E-state index is 12.7. The molecular formula is C19H26N4O2. The predicted molar refractivity (Wildman–Crippen MR) is 95.9 cm³/mol. The molecule has 1 aromatic heterocycles. The number of nitrogens with zero attached hydrogens (tertiary/aromatic N) is 3. The van der Waals surface area contributed by atoms with Gasteiger partial charge in [-0.1, -0.05) is 36.8 Å². The van der Waals surface area contributed by atoms with Crippen molar-refractivity contribution in [1.82, 2.24) is 20.0 Å². The number of carbonyl (C=O) groups is 1. The fraction of sp³-hybridized carbons (Fsp3) is 0.474. The fourth-order valence-electron chi connectivity index (χ4n) is 3.44. The highest BCUT2D eigenvalue weighted by molar-refractivity contribution is 5.74. The summed E-state index contributed by atoms with van der Waals surface area (Å²) < 4.78 is 1.82. The van der Waals surface area contributed by atoms with E-state index in [0.29, 0.717) is 13.1 Å². The van der Waals surface area contributed by atoms with Crippen LogP contribution in [0.3, 0.4) is 0 Å². The minimum atomic E-state index is -0.288. The number of hydrogen-bond acceptors (Lipinski definition) is 3. The zero-order chi connectivity index (χ0) is 17.6.